The number of aliphatic hydroxyl groups excluding tert-OH is 1. The van der Waals surface area contributed by atoms with Gasteiger partial charge in [-0.25, -0.2) is 4.98 Å². The highest BCUT2D eigenvalue weighted by atomic mass is 32.1. The van der Waals surface area contributed by atoms with Crippen LogP contribution in [0.2, 0.25) is 0 Å². The van der Waals surface area contributed by atoms with Crippen molar-refractivity contribution in [2.45, 2.75) is 45.0 Å². The lowest BCUT2D eigenvalue weighted by molar-refractivity contribution is 0.186. The van der Waals surface area contributed by atoms with E-state index in [1.54, 1.807) is 11.3 Å². The van der Waals surface area contributed by atoms with E-state index in [0.717, 1.165) is 22.7 Å². The number of hydrogen-bond donors (Lipinski definition) is 1. The minimum absolute atomic E-state index is 0.179. The van der Waals surface area contributed by atoms with E-state index >= 15 is 0 Å². The lowest BCUT2D eigenvalue weighted by atomic mass is 10.0. The van der Waals surface area contributed by atoms with Gasteiger partial charge in [0.05, 0.1) is 29.0 Å². The molecule has 0 unspecified atom stereocenters. The van der Waals surface area contributed by atoms with Crippen LogP contribution in [0.15, 0.2) is 23.6 Å². The summed E-state index contributed by atoms with van der Waals surface area (Å²) in [6.45, 7) is 7.60. The van der Waals surface area contributed by atoms with E-state index in [1.807, 2.05) is 31.4 Å². The van der Waals surface area contributed by atoms with Crippen LogP contribution in [0.4, 0.5) is 0 Å². The highest BCUT2D eigenvalue weighted by Crippen LogP contribution is 2.31. The second-order valence-corrected chi connectivity index (χ2v) is 5.73. The maximum Gasteiger partial charge on any atom is 0.0901 e. The first kappa shape index (κ1) is 13.5. The molecule has 1 aliphatic rings. The van der Waals surface area contributed by atoms with Crippen molar-refractivity contribution in [3.8, 4) is 0 Å². The Labute approximate surface area is 112 Å². The van der Waals surface area contributed by atoms with Crippen molar-refractivity contribution >= 4 is 17.4 Å². The van der Waals surface area contributed by atoms with E-state index in [0.29, 0.717) is 6.42 Å². The SMILES string of the molecule is C=CC[C@H]1O[C@H]1C[C@H](O)/C(C)=C/c1csc(C)n1. The number of thiazole rings is 1. The van der Waals surface area contributed by atoms with Crippen molar-refractivity contribution in [1.82, 2.24) is 4.98 Å². The van der Waals surface area contributed by atoms with Gasteiger partial charge in [0.25, 0.3) is 0 Å². The van der Waals surface area contributed by atoms with Crippen LogP contribution in [-0.2, 0) is 4.74 Å². The van der Waals surface area contributed by atoms with E-state index in [4.69, 9.17) is 4.74 Å². The fourth-order valence-electron chi connectivity index (χ4n) is 1.94. The van der Waals surface area contributed by atoms with Crippen LogP contribution in [0, 0.1) is 6.92 Å². The molecule has 4 heteroatoms. The third kappa shape index (κ3) is 3.51. The van der Waals surface area contributed by atoms with Crippen molar-refractivity contribution in [3.05, 3.63) is 34.3 Å². The number of nitrogens with zero attached hydrogens (tertiary/aromatic N) is 1. The third-order valence-electron chi connectivity index (χ3n) is 3.08. The molecule has 0 aliphatic carbocycles. The van der Waals surface area contributed by atoms with Gasteiger partial charge in [-0.3, -0.25) is 0 Å². The highest BCUT2D eigenvalue weighted by Gasteiger charge is 2.38. The van der Waals surface area contributed by atoms with Gasteiger partial charge >= 0.3 is 0 Å². The van der Waals surface area contributed by atoms with E-state index in [-0.39, 0.29) is 12.2 Å². The fourth-order valence-corrected chi connectivity index (χ4v) is 2.51. The lowest BCUT2D eigenvalue weighted by Gasteiger charge is -2.08. The Morgan fingerprint density at radius 2 is 2.44 bits per heavy atom. The zero-order chi connectivity index (χ0) is 13.1. The summed E-state index contributed by atoms with van der Waals surface area (Å²) in [5.41, 5.74) is 1.86. The Kier molecular flexibility index (Phi) is 4.32. The molecule has 0 saturated carbocycles. The van der Waals surface area contributed by atoms with Gasteiger partial charge in [-0.2, -0.15) is 0 Å². The zero-order valence-corrected chi connectivity index (χ0v) is 11.6. The molecule has 1 aliphatic heterocycles. The molecule has 1 fully saturated rings. The first-order valence-corrected chi connectivity index (χ1v) is 7.03. The van der Waals surface area contributed by atoms with Gasteiger partial charge < -0.3 is 9.84 Å². The number of rotatable bonds is 6. The molecule has 0 amide bonds. The van der Waals surface area contributed by atoms with Gasteiger partial charge in [0.1, 0.15) is 0 Å². The van der Waals surface area contributed by atoms with Gasteiger partial charge in [0.15, 0.2) is 0 Å². The second kappa shape index (κ2) is 5.78. The Balaban J connectivity index is 1.87. The molecule has 0 bridgehead atoms. The molecule has 3 atom stereocenters. The predicted octanol–water partition coefficient (Wildman–Crippen LogP) is 2.95. The van der Waals surface area contributed by atoms with Crippen LogP contribution in [0.1, 0.15) is 30.5 Å². The summed E-state index contributed by atoms with van der Waals surface area (Å²) in [6.07, 6.45) is 5.31. The number of ether oxygens (including phenoxy) is 1. The van der Waals surface area contributed by atoms with Crippen LogP contribution < -0.4 is 0 Å². The van der Waals surface area contributed by atoms with Crippen molar-refractivity contribution in [2.24, 2.45) is 0 Å². The molecule has 1 aromatic rings. The normalized spacial score (nSPS) is 24.9. The van der Waals surface area contributed by atoms with Gasteiger partial charge in [0.2, 0.25) is 0 Å². The van der Waals surface area contributed by atoms with Crippen LogP contribution in [-0.4, -0.2) is 28.4 Å². The van der Waals surface area contributed by atoms with Gasteiger partial charge in [-0.15, -0.1) is 17.9 Å². The summed E-state index contributed by atoms with van der Waals surface area (Å²) in [6, 6.07) is 0. The van der Waals surface area contributed by atoms with E-state index in [1.165, 1.54) is 0 Å². The molecule has 2 rings (SSSR count). The topological polar surface area (TPSA) is 45.6 Å². The molecular weight excluding hydrogens is 246 g/mol. The number of aromatic nitrogens is 1. The largest absolute Gasteiger partial charge is 0.389 e. The maximum absolute atomic E-state index is 10.1. The molecule has 98 valence electrons. The van der Waals surface area contributed by atoms with Crippen molar-refractivity contribution in [2.75, 3.05) is 0 Å². The standard InChI is InChI=1S/C14H19NO2S/c1-4-5-13-14(17-13)7-12(16)9(2)6-11-8-18-10(3)15-11/h4,6,8,12-14,16H,1,5,7H2,2-3H3/b9-6+/t12-,13+,14-/m0/s1. The van der Waals surface area contributed by atoms with Crippen LogP contribution in [0.5, 0.6) is 0 Å². The lowest BCUT2D eigenvalue weighted by Crippen LogP contribution is -2.12. The number of aryl methyl sites for hydroxylation is 1. The van der Waals surface area contributed by atoms with Crippen molar-refractivity contribution < 1.29 is 9.84 Å². The van der Waals surface area contributed by atoms with E-state index in [9.17, 15) is 5.11 Å². The third-order valence-corrected chi connectivity index (χ3v) is 3.87. The summed E-state index contributed by atoms with van der Waals surface area (Å²) in [5.74, 6) is 0. The molecule has 3 nitrogen and oxygen atoms in total. The summed E-state index contributed by atoms with van der Waals surface area (Å²) < 4.78 is 5.46. The highest BCUT2D eigenvalue weighted by molar-refractivity contribution is 7.09. The predicted molar refractivity (Wildman–Crippen MR) is 74.6 cm³/mol. The number of hydrogen-bond acceptors (Lipinski definition) is 4. The van der Waals surface area contributed by atoms with Gasteiger partial charge in [-0.05, 0) is 31.9 Å². The second-order valence-electron chi connectivity index (χ2n) is 4.67. The first-order valence-electron chi connectivity index (χ1n) is 6.15. The van der Waals surface area contributed by atoms with Crippen molar-refractivity contribution in [1.29, 1.82) is 0 Å². The molecule has 1 aromatic heterocycles. The minimum atomic E-state index is -0.452. The molecule has 1 saturated heterocycles. The summed E-state index contributed by atoms with van der Waals surface area (Å²) in [5, 5.41) is 13.1. The Bertz CT molecular complexity index is 452. The Morgan fingerprint density at radius 3 is 3.06 bits per heavy atom. The smallest absolute Gasteiger partial charge is 0.0901 e. The van der Waals surface area contributed by atoms with Gasteiger partial charge in [-0.1, -0.05) is 6.08 Å². The average Bonchev–Trinajstić information content (AvgIpc) is 2.91. The molecular formula is C14H19NO2S. The molecule has 2 heterocycles. The zero-order valence-electron chi connectivity index (χ0n) is 10.8. The molecule has 0 radical (unpaired) electrons. The summed E-state index contributed by atoms with van der Waals surface area (Å²) in [4.78, 5) is 4.36. The monoisotopic (exact) mass is 265 g/mol. The first-order chi connectivity index (χ1) is 8.60. The fraction of sp³-hybridized carbons (Fsp3) is 0.500. The number of epoxide rings is 1. The Hall–Kier alpha value is -0.970. The molecule has 1 N–H and O–H groups in total. The average molecular weight is 265 g/mol. The van der Waals surface area contributed by atoms with Crippen molar-refractivity contribution in [3.63, 3.8) is 0 Å². The summed E-state index contributed by atoms with van der Waals surface area (Å²) in [7, 11) is 0. The van der Waals surface area contributed by atoms with Crippen LogP contribution in [0.3, 0.4) is 0 Å². The molecule has 18 heavy (non-hydrogen) atoms. The minimum Gasteiger partial charge on any atom is -0.389 e. The van der Waals surface area contributed by atoms with E-state index < -0.39 is 6.10 Å². The molecule has 0 spiro atoms. The van der Waals surface area contributed by atoms with Crippen LogP contribution in [0.25, 0.3) is 6.08 Å². The van der Waals surface area contributed by atoms with Crippen LogP contribution >= 0.6 is 11.3 Å². The maximum atomic E-state index is 10.1. The summed E-state index contributed by atoms with van der Waals surface area (Å²) >= 11 is 1.62. The van der Waals surface area contributed by atoms with Gasteiger partial charge in [0, 0.05) is 11.8 Å². The Morgan fingerprint density at radius 1 is 1.67 bits per heavy atom. The molecule has 0 aromatic carbocycles. The van der Waals surface area contributed by atoms with E-state index in [2.05, 4.69) is 11.6 Å². The quantitative estimate of drug-likeness (QED) is 0.635. The number of aliphatic hydroxyl groups is 1.